The molecule has 0 aliphatic carbocycles. The molecule has 0 amide bonds. The molecule has 0 atom stereocenters. The Bertz CT molecular complexity index is 182. The lowest BCUT2D eigenvalue weighted by molar-refractivity contribution is 0.501. The zero-order valence-electron chi connectivity index (χ0n) is 16.0. The molecule has 0 saturated heterocycles. The van der Waals surface area contributed by atoms with E-state index in [2.05, 4.69) is 20.8 Å². The lowest BCUT2D eigenvalue weighted by atomic mass is 10.0. The van der Waals surface area contributed by atoms with Crippen LogP contribution in [0.1, 0.15) is 129 Å². The summed E-state index contributed by atoms with van der Waals surface area (Å²) < 4.78 is 0. The van der Waals surface area contributed by atoms with E-state index >= 15 is 0 Å². The van der Waals surface area contributed by atoms with Crippen molar-refractivity contribution < 1.29 is 0 Å². The van der Waals surface area contributed by atoms with Gasteiger partial charge in [-0.1, -0.05) is 136 Å². The molecule has 0 nitrogen and oxygen atoms in total. The van der Waals surface area contributed by atoms with Gasteiger partial charge in [-0.25, -0.2) is 0 Å². The molecule has 0 aliphatic heterocycles. The molecule has 1 radical (unpaired) electrons. The first kappa shape index (κ1) is 22.0. The summed E-state index contributed by atoms with van der Waals surface area (Å²) >= 11 is 0. The van der Waals surface area contributed by atoms with Gasteiger partial charge in [-0.2, -0.15) is 0 Å². The van der Waals surface area contributed by atoms with E-state index in [1.165, 1.54) is 109 Å². The largest absolute Gasteiger partial charge is 0.0628 e. The van der Waals surface area contributed by atoms with Gasteiger partial charge in [-0.3, -0.25) is 0 Å². The molecular weight excluding hydrogens is 264 g/mol. The molecule has 0 aromatic heterocycles. The highest BCUT2D eigenvalue weighted by atomic mass is 14.0. The highest BCUT2D eigenvalue weighted by molar-refractivity contribution is 4.51. The van der Waals surface area contributed by atoms with Crippen LogP contribution >= 0.6 is 0 Å². The minimum Gasteiger partial charge on any atom is -0.0628 e. The van der Waals surface area contributed by atoms with Crippen LogP contribution in [0.3, 0.4) is 0 Å². The summed E-state index contributed by atoms with van der Waals surface area (Å²) in [6.45, 7) is 8.57. The van der Waals surface area contributed by atoms with Gasteiger partial charge >= 0.3 is 0 Å². The van der Waals surface area contributed by atoms with Crippen LogP contribution in [0.15, 0.2) is 0 Å². The molecule has 22 heavy (non-hydrogen) atoms. The van der Waals surface area contributed by atoms with Crippen molar-refractivity contribution in [3.8, 4) is 0 Å². The Labute approximate surface area is 142 Å². The molecule has 0 spiro atoms. The van der Waals surface area contributed by atoms with Gasteiger partial charge in [-0.15, -0.1) is 0 Å². The molecule has 133 valence electrons. The molecule has 0 N–H and O–H groups in total. The maximum atomic E-state index is 3.90. The molecule has 0 aromatic carbocycles. The van der Waals surface area contributed by atoms with E-state index in [0.717, 1.165) is 12.3 Å². The highest BCUT2D eigenvalue weighted by Crippen LogP contribution is 2.15. The number of hydrogen-bond acceptors (Lipinski definition) is 0. The van der Waals surface area contributed by atoms with Gasteiger partial charge in [-0.05, 0) is 5.92 Å². The van der Waals surface area contributed by atoms with Crippen LogP contribution in [-0.2, 0) is 0 Å². The molecule has 0 aromatic rings. The van der Waals surface area contributed by atoms with Crippen LogP contribution in [0, 0.1) is 12.8 Å². The van der Waals surface area contributed by atoms with Crippen LogP contribution in [0.5, 0.6) is 0 Å². The summed E-state index contributed by atoms with van der Waals surface area (Å²) in [6, 6.07) is 0. The van der Waals surface area contributed by atoms with Crippen molar-refractivity contribution in [3.63, 3.8) is 0 Å². The highest BCUT2D eigenvalue weighted by Gasteiger charge is 1.96. The maximum absolute atomic E-state index is 3.90. The van der Waals surface area contributed by atoms with Crippen molar-refractivity contribution >= 4 is 0 Å². The third-order valence-electron chi connectivity index (χ3n) is 4.78. The average Bonchev–Trinajstić information content (AvgIpc) is 2.50. The SMILES string of the molecule is [CH2]CCCCCCCCCCCCCCCCCCC(C)C. The predicted molar refractivity (Wildman–Crippen MR) is 103 cm³/mol. The van der Waals surface area contributed by atoms with Crippen LogP contribution in [0.4, 0.5) is 0 Å². The second-order valence-electron chi connectivity index (χ2n) is 7.69. The van der Waals surface area contributed by atoms with E-state index in [-0.39, 0.29) is 0 Å². The second kappa shape index (κ2) is 19.0. The maximum Gasteiger partial charge on any atom is -0.0471 e. The van der Waals surface area contributed by atoms with Crippen molar-refractivity contribution in [3.05, 3.63) is 6.92 Å². The standard InChI is InChI=1S/C22H45/c1-4-5-6-7-8-9-10-11-12-13-14-15-16-17-18-19-20-21-22(2)3/h22H,1,4-21H2,2-3H3. The smallest absolute Gasteiger partial charge is 0.0471 e. The van der Waals surface area contributed by atoms with Gasteiger partial charge in [0.05, 0.1) is 0 Å². The van der Waals surface area contributed by atoms with Crippen LogP contribution in [0.25, 0.3) is 0 Å². The van der Waals surface area contributed by atoms with Crippen molar-refractivity contribution in [2.24, 2.45) is 5.92 Å². The lowest BCUT2D eigenvalue weighted by Gasteiger charge is -2.05. The predicted octanol–water partition coefficient (Wildman–Crippen LogP) is 8.50. The number of hydrogen-bond donors (Lipinski definition) is 0. The molecule has 0 aliphatic rings. The first-order valence-corrected chi connectivity index (χ1v) is 10.6. The topological polar surface area (TPSA) is 0 Å². The molecule has 0 rings (SSSR count). The molecule has 0 heterocycles. The van der Waals surface area contributed by atoms with Crippen LogP contribution < -0.4 is 0 Å². The van der Waals surface area contributed by atoms with Gasteiger partial charge in [0, 0.05) is 0 Å². The second-order valence-corrected chi connectivity index (χ2v) is 7.69. The fourth-order valence-electron chi connectivity index (χ4n) is 3.20. The first-order valence-electron chi connectivity index (χ1n) is 10.6. The Kier molecular flexibility index (Phi) is 19.0. The van der Waals surface area contributed by atoms with Crippen LogP contribution in [-0.4, -0.2) is 0 Å². The van der Waals surface area contributed by atoms with E-state index in [0.29, 0.717) is 0 Å². The van der Waals surface area contributed by atoms with Crippen molar-refractivity contribution in [1.29, 1.82) is 0 Å². The van der Waals surface area contributed by atoms with Gasteiger partial charge in [0.25, 0.3) is 0 Å². The quantitative estimate of drug-likeness (QED) is 0.223. The summed E-state index contributed by atoms with van der Waals surface area (Å²) in [6.07, 6.45) is 25.9. The first-order chi connectivity index (χ1) is 10.8. The third kappa shape index (κ3) is 20.0. The molecule has 0 saturated carbocycles. The number of rotatable bonds is 18. The van der Waals surface area contributed by atoms with Crippen molar-refractivity contribution in [2.45, 2.75) is 129 Å². The van der Waals surface area contributed by atoms with Gasteiger partial charge in [0.15, 0.2) is 0 Å². The van der Waals surface area contributed by atoms with Crippen molar-refractivity contribution in [1.82, 2.24) is 0 Å². The summed E-state index contributed by atoms with van der Waals surface area (Å²) in [5.74, 6) is 0.897. The third-order valence-corrected chi connectivity index (χ3v) is 4.78. The van der Waals surface area contributed by atoms with E-state index in [1.807, 2.05) is 0 Å². The van der Waals surface area contributed by atoms with E-state index in [9.17, 15) is 0 Å². The number of unbranched alkanes of at least 4 members (excludes halogenated alkanes) is 16. The summed E-state index contributed by atoms with van der Waals surface area (Å²) in [5, 5.41) is 0. The van der Waals surface area contributed by atoms with Gasteiger partial charge < -0.3 is 0 Å². The summed E-state index contributed by atoms with van der Waals surface area (Å²) in [5.41, 5.74) is 0. The monoisotopic (exact) mass is 309 g/mol. The van der Waals surface area contributed by atoms with E-state index < -0.39 is 0 Å². The van der Waals surface area contributed by atoms with Crippen molar-refractivity contribution in [2.75, 3.05) is 0 Å². The minimum absolute atomic E-state index is 0.897. The normalized spacial score (nSPS) is 11.5. The minimum atomic E-state index is 0.897. The van der Waals surface area contributed by atoms with E-state index in [1.54, 1.807) is 0 Å². The van der Waals surface area contributed by atoms with Crippen LogP contribution in [0.2, 0.25) is 0 Å². The summed E-state index contributed by atoms with van der Waals surface area (Å²) in [7, 11) is 0. The zero-order valence-corrected chi connectivity index (χ0v) is 16.0. The fraction of sp³-hybridized carbons (Fsp3) is 0.955. The Hall–Kier alpha value is 0. The Morgan fingerprint density at radius 2 is 0.727 bits per heavy atom. The fourth-order valence-corrected chi connectivity index (χ4v) is 3.20. The Morgan fingerprint density at radius 3 is 1.00 bits per heavy atom. The molecular formula is C22H45. The molecule has 0 unspecified atom stereocenters. The lowest BCUT2D eigenvalue weighted by Crippen LogP contribution is -1.87. The van der Waals surface area contributed by atoms with Gasteiger partial charge in [0.2, 0.25) is 0 Å². The molecule has 0 heteroatoms. The van der Waals surface area contributed by atoms with Gasteiger partial charge in [0.1, 0.15) is 0 Å². The van der Waals surface area contributed by atoms with E-state index in [4.69, 9.17) is 0 Å². The Balaban J connectivity index is 2.94. The molecule has 0 bridgehead atoms. The zero-order chi connectivity index (χ0) is 16.3. The Morgan fingerprint density at radius 1 is 0.455 bits per heavy atom. The summed E-state index contributed by atoms with van der Waals surface area (Å²) in [4.78, 5) is 0. The average molecular weight is 310 g/mol. The molecule has 0 fully saturated rings.